The zero-order valence-electron chi connectivity index (χ0n) is 15.6. The van der Waals surface area contributed by atoms with Gasteiger partial charge in [-0.3, -0.25) is 4.79 Å². The first-order valence-corrected chi connectivity index (χ1v) is 8.39. The lowest BCUT2D eigenvalue weighted by molar-refractivity contribution is -0.142. The maximum atomic E-state index is 12.3. The molecule has 0 heterocycles. The van der Waals surface area contributed by atoms with Gasteiger partial charge in [-0.2, -0.15) is 0 Å². The minimum Gasteiger partial charge on any atom is -0.493 e. The maximum absolute atomic E-state index is 12.3. The second kappa shape index (κ2) is 10.1. The monoisotopic (exact) mass is 373 g/mol. The molecule has 0 spiro atoms. The van der Waals surface area contributed by atoms with Crippen molar-refractivity contribution in [3.63, 3.8) is 0 Å². The first-order valence-electron chi connectivity index (χ1n) is 8.39. The zero-order valence-corrected chi connectivity index (χ0v) is 15.6. The Kier molecular flexibility index (Phi) is 7.49. The Morgan fingerprint density at radius 2 is 1.70 bits per heavy atom. The molecule has 2 aromatic rings. The number of ether oxygens (including phenoxy) is 4. The molecule has 7 nitrogen and oxygen atoms in total. The third-order valence-electron chi connectivity index (χ3n) is 3.68. The molecule has 0 atom stereocenters. The van der Waals surface area contributed by atoms with E-state index in [9.17, 15) is 9.59 Å². The Balaban J connectivity index is 1.89. The highest BCUT2D eigenvalue weighted by Crippen LogP contribution is 2.28. The van der Waals surface area contributed by atoms with Gasteiger partial charge >= 0.3 is 5.97 Å². The number of benzene rings is 2. The topological polar surface area (TPSA) is 83.1 Å². The van der Waals surface area contributed by atoms with Crippen molar-refractivity contribution >= 4 is 11.9 Å². The van der Waals surface area contributed by atoms with E-state index in [0.29, 0.717) is 24.5 Å². The van der Waals surface area contributed by atoms with Crippen molar-refractivity contribution in [2.24, 2.45) is 0 Å². The highest BCUT2D eigenvalue weighted by molar-refractivity contribution is 5.94. The van der Waals surface area contributed by atoms with Crippen LogP contribution in [-0.4, -0.2) is 45.9 Å². The number of hydrogen-bond acceptors (Lipinski definition) is 6. The summed E-state index contributed by atoms with van der Waals surface area (Å²) >= 11 is 0. The molecule has 0 unspecified atom stereocenters. The summed E-state index contributed by atoms with van der Waals surface area (Å²) in [6.45, 7) is 2.41. The van der Waals surface area contributed by atoms with E-state index in [1.54, 1.807) is 12.1 Å². The van der Waals surface area contributed by atoms with Crippen molar-refractivity contribution in [2.45, 2.75) is 6.92 Å². The van der Waals surface area contributed by atoms with E-state index in [1.807, 2.05) is 31.2 Å². The van der Waals surface area contributed by atoms with E-state index in [0.717, 1.165) is 11.3 Å². The average molecular weight is 373 g/mol. The van der Waals surface area contributed by atoms with Crippen LogP contribution in [0.1, 0.15) is 15.9 Å². The molecular formula is C20H23NO6. The lowest BCUT2D eigenvalue weighted by Crippen LogP contribution is -2.28. The lowest BCUT2D eigenvalue weighted by Gasteiger charge is -2.12. The Labute approximate surface area is 158 Å². The first kappa shape index (κ1) is 20.1. The minimum atomic E-state index is -0.528. The molecule has 2 aromatic carbocycles. The molecule has 0 fully saturated rings. The molecular weight excluding hydrogens is 350 g/mol. The van der Waals surface area contributed by atoms with Gasteiger partial charge in [0, 0.05) is 5.56 Å². The normalized spacial score (nSPS) is 10.0. The predicted molar refractivity (Wildman–Crippen MR) is 99.5 cm³/mol. The Hall–Kier alpha value is -3.22. The quantitative estimate of drug-likeness (QED) is 0.537. The number of aryl methyl sites for hydroxylation is 1. The first-order chi connectivity index (χ1) is 13.0. The average Bonchev–Trinajstić information content (AvgIpc) is 2.70. The predicted octanol–water partition coefficient (Wildman–Crippen LogP) is 2.36. The fourth-order valence-electron chi connectivity index (χ4n) is 2.20. The van der Waals surface area contributed by atoms with Gasteiger partial charge in [-0.05, 0) is 37.3 Å². The maximum Gasteiger partial charge on any atom is 0.343 e. The van der Waals surface area contributed by atoms with Gasteiger partial charge < -0.3 is 24.3 Å². The highest BCUT2D eigenvalue weighted by Gasteiger charge is 2.12. The number of methoxy groups -OCH3 is 2. The summed E-state index contributed by atoms with van der Waals surface area (Å²) in [6.07, 6.45) is 0. The van der Waals surface area contributed by atoms with Crippen LogP contribution >= 0.6 is 0 Å². The summed E-state index contributed by atoms with van der Waals surface area (Å²) in [5, 5.41) is 2.77. The van der Waals surface area contributed by atoms with Crippen LogP contribution in [0.2, 0.25) is 0 Å². The molecule has 7 heteroatoms. The molecule has 27 heavy (non-hydrogen) atoms. The molecule has 0 radical (unpaired) electrons. The van der Waals surface area contributed by atoms with Gasteiger partial charge in [0.05, 0.1) is 20.8 Å². The van der Waals surface area contributed by atoms with Crippen molar-refractivity contribution in [1.82, 2.24) is 5.32 Å². The number of rotatable bonds is 9. The molecule has 0 saturated heterocycles. The van der Waals surface area contributed by atoms with Gasteiger partial charge in [-0.25, -0.2) is 4.79 Å². The number of nitrogens with one attached hydrogen (secondary N) is 1. The van der Waals surface area contributed by atoms with Crippen LogP contribution in [0.15, 0.2) is 42.5 Å². The van der Waals surface area contributed by atoms with Crippen molar-refractivity contribution in [3.05, 3.63) is 53.6 Å². The summed E-state index contributed by atoms with van der Waals surface area (Å²) in [6, 6.07) is 12.4. The smallest absolute Gasteiger partial charge is 0.343 e. The van der Waals surface area contributed by atoms with Gasteiger partial charge in [0.1, 0.15) is 12.4 Å². The van der Waals surface area contributed by atoms with Crippen molar-refractivity contribution in [2.75, 3.05) is 34.0 Å². The van der Waals surface area contributed by atoms with Crippen LogP contribution < -0.4 is 19.5 Å². The van der Waals surface area contributed by atoms with E-state index < -0.39 is 5.97 Å². The summed E-state index contributed by atoms with van der Waals surface area (Å²) in [7, 11) is 2.74. The second-order valence-corrected chi connectivity index (χ2v) is 5.65. The molecule has 0 saturated carbocycles. The van der Waals surface area contributed by atoms with Crippen LogP contribution in [0.3, 0.4) is 0 Å². The number of carbonyl (C=O) groups is 2. The molecule has 0 aromatic heterocycles. The molecule has 0 bridgehead atoms. The van der Waals surface area contributed by atoms with Crippen LogP contribution in [-0.2, 0) is 9.53 Å². The summed E-state index contributed by atoms with van der Waals surface area (Å²) in [5.41, 5.74) is 1.53. The third-order valence-corrected chi connectivity index (χ3v) is 3.68. The van der Waals surface area contributed by atoms with Gasteiger partial charge in [0.2, 0.25) is 0 Å². The molecule has 1 N–H and O–H groups in total. The van der Waals surface area contributed by atoms with Crippen molar-refractivity contribution in [1.29, 1.82) is 0 Å². The van der Waals surface area contributed by atoms with Crippen LogP contribution in [0, 0.1) is 6.92 Å². The van der Waals surface area contributed by atoms with E-state index in [2.05, 4.69) is 10.1 Å². The Bertz CT molecular complexity index is 773. The van der Waals surface area contributed by atoms with Gasteiger partial charge in [-0.1, -0.05) is 17.7 Å². The molecule has 1 amide bonds. The molecule has 0 aliphatic rings. The summed E-state index contributed by atoms with van der Waals surface area (Å²) < 4.78 is 20.6. The largest absolute Gasteiger partial charge is 0.493 e. The highest BCUT2D eigenvalue weighted by atomic mass is 16.6. The van der Waals surface area contributed by atoms with E-state index >= 15 is 0 Å². The molecule has 0 aliphatic heterocycles. The molecule has 2 rings (SSSR count). The van der Waals surface area contributed by atoms with Gasteiger partial charge in [0.15, 0.2) is 18.1 Å². The molecule has 144 valence electrons. The second-order valence-electron chi connectivity index (χ2n) is 5.65. The van der Waals surface area contributed by atoms with Crippen LogP contribution in [0.25, 0.3) is 0 Å². The summed E-state index contributed by atoms with van der Waals surface area (Å²) in [5.74, 6) is 0.635. The SMILES string of the molecule is COC(=O)COc1cc(C(=O)NCCOc2ccc(C)cc2)ccc1OC. The van der Waals surface area contributed by atoms with E-state index in [1.165, 1.54) is 20.3 Å². The van der Waals surface area contributed by atoms with Crippen molar-refractivity contribution < 1.29 is 28.5 Å². The fourth-order valence-corrected chi connectivity index (χ4v) is 2.20. The summed E-state index contributed by atoms with van der Waals surface area (Å²) in [4.78, 5) is 23.5. The van der Waals surface area contributed by atoms with Gasteiger partial charge in [-0.15, -0.1) is 0 Å². The third kappa shape index (κ3) is 6.22. The zero-order chi connectivity index (χ0) is 19.6. The number of amides is 1. The lowest BCUT2D eigenvalue weighted by atomic mass is 10.2. The number of hydrogen-bond donors (Lipinski definition) is 1. The van der Waals surface area contributed by atoms with Gasteiger partial charge in [0.25, 0.3) is 5.91 Å². The van der Waals surface area contributed by atoms with Crippen LogP contribution in [0.5, 0.6) is 17.2 Å². The van der Waals surface area contributed by atoms with Crippen molar-refractivity contribution in [3.8, 4) is 17.2 Å². The Morgan fingerprint density at radius 1 is 0.963 bits per heavy atom. The Morgan fingerprint density at radius 3 is 2.37 bits per heavy atom. The number of esters is 1. The van der Waals surface area contributed by atoms with E-state index in [4.69, 9.17) is 14.2 Å². The standard InChI is InChI=1S/C20H23NO6/c1-14-4-7-16(8-5-14)26-11-10-21-20(23)15-6-9-17(24-2)18(12-15)27-13-19(22)25-3/h4-9,12H,10-11,13H2,1-3H3,(H,21,23). The number of carbonyl (C=O) groups excluding carboxylic acids is 2. The fraction of sp³-hybridized carbons (Fsp3) is 0.300. The van der Waals surface area contributed by atoms with Crippen LogP contribution in [0.4, 0.5) is 0 Å². The van der Waals surface area contributed by atoms with E-state index in [-0.39, 0.29) is 18.3 Å². The minimum absolute atomic E-state index is 0.275. The molecule has 0 aliphatic carbocycles.